The van der Waals surface area contributed by atoms with Gasteiger partial charge in [-0.3, -0.25) is 4.68 Å². The molecule has 0 spiro atoms. The highest BCUT2D eigenvalue weighted by molar-refractivity contribution is 5.24. The molecule has 4 nitrogen and oxygen atoms in total. The van der Waals surface area contributed by atoms with E-state index in [9.17, 15) is 0 Å². The molecule has 0 saturated carbocycles. The molecule has 0 aliphatic rings. The number of hydrogen-bond donors (Lipinski definition) is 1. The number of hydrogen-bond acceptors (Lipinski definition) is 3. The highest BCUT2D eigenvalue weighted by Gasteiger charge is 2.11. The van der Waals surface area contributed by atoms with Crippen molar-refractivity contribution in [1.82, 2.24) is 15.1 Å². The van der Waals surface area contributed by atoms with Gasteiger partial charge < -0.3 is 10.1 Å². The summed E-state index contributed by atoms with van der Waals surface area (Å²) in [5.74, 6) is 1.38. The van der Waals surface area contributed by atoms with Crippen LogP contribution in [-0.2, 0) is 17.8 Å². The van der Waals surface area contributed by atoms with E-state index in [-0.39, 0.29) is 0 Å². The highest BCUT2D eigenvalue weighted by atomic mass is 16.5. The largest absolute Gasteiger partial charge is 0.380 e. The van der Waals surface area contributed by atoms with Crippen LogP contribution < -0.4 is 5.32 Å². The van der Waals surface area contributed by atoms with E-state index in [0.717, 1.165) is 45.0 Å². The molecule has 0 aliphatic carbocycles. The van der Waals surface area contributed by atoms with E-state index >= 15 is 0 Å². The predicted octanol–water partition coefficient (Wildman–Crippen LogP) is 3.31. The van der Waals surface area contributed by atoms with E-state index in [4.69, 9.17) is 4.74 Å². The maximum absolute atomic E-state index is 5.69. The molecule has 0 amide bonds. The zero-order valence-electron chi connectivity index (χ0n) is 14.7. The number of rotatable bonds is 10. The molecule has 0 bridgehead atoms. The molecule has 0 saturated heterocycles. The first-order chi connectivity index (χ1) is 9.91. The summed E-state index contributed by atoms with van der Waals surface area (Å²) in [6, 6.07) is 0. The Morgan fingerprint density at radius 1 is 1.10 bits per heavy atom. The zero-order chi connectivity index (χ0) is 15.8. The lowest BCUT2D eigenvalue weighted by Crippen LogP contribution is -2.19. The molecule has 122 valence electrons. The molecule has 0 atom stereocenters. The molecule has 1 aromatic heterocycles. The fourth-order valence-electron chi connectivity index (χ4n) is 2.27. The normalized spacial score (nSPS) is 11.8. The molecule has 1 aromatic rings. The lowest BCUT2D eigenvalue weighted by Gasteiger charge is -2.09. The quantitative estimate of drug-likeness (QED) is 0.673. The highest BCUT2D eigenvalue weighted by Crippen LogP contribution is 2.13. The number of nitrogens with one attached hydrogen (secondary N) is 1. The van der Waals surface area contributed by atoms with Crippen LogP contribution in [0.25, 0.3) is 0 Å². The summed E-state index contributed by atoms with van der Waals surface area (Å²) in [4.78, 5) is 0. The number of aromatic nitrogens is 2. The van der Waals surface area contributed by atoms with Gasteiger partial charge in [0.05, 0.1) is 18.8 Å². The molecular weight excluding hydrogens is 262 g/mol. The fraction of sp³-hybridized carbons (Fsp3) is 0.824. The molecule has 0 aliphatic heterocycles. The minimum atomic E-state index is 0.676. The van der Waals surface area contributed by atoms with Gasteiger partial charge in [0.25, 0.3) is 0 Å². The van der Waals surface area contributed by atoms with Crippen molar-refractivity contribution in [3.63, 3.8) is 0 Å². The van der Waals surface area contributed by atoms with Crippen molar-refractivity contribution in [2.24, 2.45) is 11.8 Å². The van der Waals surface area contributed by atoms with Gasteiger partial charge in [0, 0.05) is 24.4 Å². The topological polar surface area (TPSA) is 39.1 Å². The summed E-state index contributed by atoms with van der Waals surface area (Å²) in [6.45, 7) is 17.5. The monoisotopic (exact) mass is 295 g/mol. The SMILES string of the molecule is Cc1nn(CCOCCC(C)C)c(C)c1CNCC(C)C. The van der Waals surface area contributed by atoms with Crippen molar-refractivity contribution < 1.29 is 4.74 Å². The first kappa shape index (κ1) is 18.2. The van der Waals surface area contributed by atoms with Gasteiger partial charge in [-0.25, -0.2) is 0 Å². The first-order valence-electron chi connectivity index (χ1n) is 8.23. The van der Waals surface area contributed by atoms with Crippen LogP contribution in [-0.4, -0.2) is 29.5 Å². The molecular formula is C17H33N3O. The Morgan fingerprint density at radius 2 is 1.81 bits per heavy atom. The first-order valence-corrected chi connectivity index (χ1v) is 8.23. The molecule has 0 aromatic carbocycles. The van der Waals surface area contributed by atoms with Crippen molar-refractivity contribution in [3.05, 3.63) is 17.0 Å². The minimum absolute atomic E-state index is 0.676. The second-order valence-electron chi connectivity index (χ2n) is 6.69. The van der Waals surface area contributed by atoms with Crippen LogP contribution in [0.15, 0.2) is 0 Å². The number of aryl methyl sites for hydroxylation is 1. The van der Waals surface area contributed by atoms with Crippen LogP contribution in [0, 0.1) is 25.7 Å². The molecule has 1 heterocycles. The van der Waals surface area contributed by atoms with Crippen LogP contribution in [0.3, 0.4) is 0 Å². The third-order valence-electron chi connectivity index (χ3n) is 3.67. The third-order valence-corrected chi connectivity index (χ3v) is 3.67. The van der Waals surface area contributed by atoms with Gasteiger partial charge >= 0.3 is 0 Å². The van der Waals surface area contributed by atoms with Gasteiger partial charge in [-0.2, -0.15) is 5.10 Å². The molecule has 1 N–H and O–H groups in total. The summed E-state index contributed by atoms with van der Waals surface area (Å²) < 4.78 is 7.77. The molecule has 4 heteroatoms. The van der Waals surface area contributed by atoms with Gasteiger partial charge in [0.2, 0.25) is 0 Å². The molecule has 0 unspecified atom stereocenters. The average Bonchev–Trinajstić information content (AvgIpc) is 2.65. The Labute approximate surface area is 130 Å². The summed E-state index contributed by atoms with van der Waals surface area (Å²) in [6.07, 6.45) is 1.13. The van der Waals surface area contributed by atoms with Gasteiger partial charge in [0.15, 0.2) is 0 Å². The van der Waals surface area contributed by atoms with E-state index in [1.54, 1.807) is 0 Å². The van der Waals surface area contributed by atoms with Gasteiger partial charge in [0.1, 0.15) is 0 Å². The van der Waals surface area contributed by atoms with Crippen molar-refractivity contribution in [2.45, 2.75) is 61.1 Å². The molecule has 0 radical (unpaired) electrons. The Kier molecular flexibility index (Phi) is 7.97. The molecule has 0 fully saturated rings. The Balaban J connectivity index is 2.41. The van der Waals surface area contributed by atoms with Crippen LogP contribution in [0.4, 0.5) is 0 Å². The smallest absolute Gasteiger partial charge is 0.0662 e. The van der Waals surface area contributed by atoms with Crippen LogP contribution in [0.1, 0.15) is 51.1 Å². The van der Waals surface area contributed by atoms with Crippen LogP contribution in [0.2, 0.25) is 0 Å². The van der Waals surface area contributed by atoms with Gasteiger partial charge in [-0.1, -0.05) is 27.7 Å². The molecule has 1 rings (SSSR count). The second-order valence-corrected chi connectivity index (χ2v) is 6.69. The van der Waals surface area contributed by atoms with Gasteiger partial charge in [-0.15, -0.1) is 0 Å². The summed E-state index contributed by atoms with van der Waals surface area (Å²) in [7, 11) is 0. The lowest BCUT2D eigenvalue weighted by atomic mass is 10.1. The predicted molar refractivity (Wildman–Crippen MR) is 88.5 cm³/mol. The average molecular weight is 295 g/mol. The van der Waals surface area contributed by atoms with Crippen molar-refractivity contribution in [2.75, 3.05) is 19.8 Å². The summed E-state index contributed by atoms with van der Waals surface area (Å²) >= 11 is 0. The van der Waals surface area contributed by atoms with E-state index in [2.05, 4.69) is 56.6 Å². The fourth-order valence-corrected chi connectivity index (χ4v) is 2.27. The van der Waals surface area contributed by atoms with E-state index < -0.39 is 0 Å². The van der Waals surface area contributed by atoms with Crippen molar-refractivity contribution >= 4 is 0 Å². The van der Waals surface area contributed by atoms with Crippen molar-refractivity contribution in [1.29, 1.82) is 0 Å². The third kappa shape index (κ3) is 6.62. The van der Waals surface area contributed by atoms with E-state index in [1.165, 1.54) is 11.3 Å². The maximum Gasteiger partial charge on any atom is 0.0662 e. The standard InChI is InChI=1S/C17H33N3O/c1-13(2)7-9-21-10-8-20-16(6)17(15(5)19-20)12-18-11-14(3)4/h13-14,18H,7-12H2,1-6H3. The summed E-state index contributed by atoms with van der Waals surface area (Å²) in [5, 5.41) is 8.14. The zero-order valence-corrected chi connectivity index (χ0v) is 14.7. The number of nitrogens with zero attached hydrogens (tertiary/aromatic N) is 2. The maximum atomic E-state index is 5.69. The Hall–Kier alpha value is -0.870. The Bertz CT molecular complexity index is 410. The summed E-state index contributed by atoms with van der Waals surface area (Å²) in [5.41, 5.74) is 3.72. The van der Waals surface area contributed by atoms with E-state index in [1.807, 2.05) is 0 Å². The minimum Gasteiger partial charge on any atom is -0.380 e. The van der Waals surface area contributed by atoms with Crippen LogP contribution in [0.5, 0.6) is 0 Å². The van der Waals surface area contributed by atoms with Crippen LogP contribution >= 0.6 is 0 Å². The van der Waals surface area contributed by atoms with E-state index in [0.29, 0.717) is 11.8 Å². The molecule has 21 heavy (non-hydrogen) atoms. The second kappa shape index (κ2) is 9.21. The number of ether oxygens (including phenoxy) is 1. The Morgan fingerprint density at radius 3 is 2.43 bits per heavy atom. The van der Waals surface area contributed by atoms with Crippen molar-refractivity contribution in [3.8, 4) is 0 Å². The van der Waals surface area contributed by atoms with Gasteiger partial charge in [-0.05, 0) is 38.6 Å². The lowest BCUT2D eigenvalue weighted by molar-refractivity contribution is 0.113.